The molecule has 0 unspecified atom stereocenters. The molecule has 98 valence electrons. The molecule has 4 nitrogen and oxygen atoms in total. The first-order chi connectivity index (χ1) is 8.28. The monoisotopic (exact) mass is 246 g/mol. The van der Waals surface area contributed by atoms with Gasteiger partial charge in [-0.15, -0.1) is 0 Å². The predicted octanol–water partition coefficient (Wildman–Crippen LogP) is 2.60. The number of nitrogens with two attached hydrogens (primary N) is 1. The minimum absolute atomic E-state index is 0.274. The summed E-state index contributed by atoms with van der Waals surface area (Å²) in [4.78, 5) is 9.21. The van der Waals surface area contributed by atoms with E-state index in [0.717, 1.165) is 29.1 Å². The molecule has 2 rings (SSSR count). The molecule has 4 heteroatoms. The van der Waals surface area contributed by atoms with Gasteiger partial charge in [0.05, 0.1) is 0 Å². The van der Waals surface area contributed by atoms with Crippen LogP contribution in [0.2, 0.25) is 0 Å². The average molecular weight is 246 g/mol. The molecule has 0 bridgehead atoms. The molecular formula is C14H22N4. The van der Waals surface area contributed by atoms with E-state index in [2.05, 4.69) is 29.5 Å². The first kappa shape index (κ1) is 13.0. The van der Waals surface area contributed by atoms with Crippen LogP contribution in [0.1, 0.15) is 45.0 Å². The van der Waals surface area contributed by atoms with Crippen LogP contribution in [0.3, 0.4) is 0 Å². The van der Waals surface area contributed by atoms with Gasteiger partial charge in [0.15, 0.2) is 5.65 Å². The van der Waals surface area contributed by atoms with Crippen molar-refractivity contribution in [2.45, 2.75) is 52.6 Å². The number of pyridine rings is 1. The van der Waals surface area contributed by atoms with Crippen LogP contribution >= 0.6 is 0 Å². The number of aryl methyl sites for hydroxylation is 1. The van der Waals surface area contributed by atoms with Gasteiger partial charge in [0.1, 0.15) is 11.3 Å². The average Bonchev–Trinajstić information content (AvgIpc) is 2.54. The van der Waals surface area contributed by atoms with Crippen LogP contribution in [0.15, 0.2) is 12.3 Å². The summed E-state index contributed by atoms with van der Waals surface area (Å²) in [5.74, 6) is 1.42. The Bertz CT molecular complexity index is 561. The number of imidazole rings is 1. The third-order valence-electron chi connectivity index (χ3n) is 2.83. The van der Waals surface area contributed by atoms with E-state index in [-0.39, 0.29) is 5.54 Å². The maximum Gasteiger partial charge on any atom is 0.160 e. The molecule has 0 aliphatic rings. The number of hydrogen-bond donors (Lipinski definition) is 1. The fraction of sp³-hybridized carbons (Fsp3) is 0.571. The van der Waals surface area contributed by atoms with Gasteiger partial charge in [-0.2, -0.15) is 0 Å². The zero-order valence-corrected chi connectivity index (χ0v) is 11.9. The van der Waals surface area contributed by atoms with E-state index in [1.54, 1.807) is 0 Å². The zero-order chi connectivity index (χ0) is 13.5. The second-order valence-electron chi connectivity index (χ2n) is 6.05. The molecule has 18 heavy (non-hydrogen) atoms. The van der Waals surface area contributed by atoms with Crippen molar-refractivity contribution in [3.05, 3.63) is 23.7 Å². The second kappa shape index (κ2) is 4.35. The molecule has 0 fully saturated rings. The molecule has 0 atom stereocenters. The Morgan fingerprint density at radius 2 is 2.06 bits per heavy atom. The largest absolute Gasteiger partial charge is 0.324 e. The van der Waals surface area contributed by atoms with Gasteiger partial charge in [0.25, 0.3) is 0 Å². The summed E-state index contributed by atoms with van der Waals surface area (Å²) in [5.41, 5.74) is 8.89. The lowest BCUT2D eigenvalue weighted by Crippen LogP contribution is -2.37. The fourth-order valence-electron chi connectivity index (χ4n) is 2.13. The van der Waals surface area contributed by atoms with Crippen molar-refractivity contribution in [2.24, 2.45) is 5.73 Å². The van der Waals surface area contributed by atoms with Crippen LogP contribution in [-0.2, 0) is 6.54 Å². The lowest BCUT2D eigenvalue weighted by Gasteiger charge is -2.21. The van der Waals surface area contributed by atoms with Crippen LogP contribution in [-0.4, -0.2) is 20.1 Å². The van der Waals surface area contributed by atoms with Gasteiger partial charge >= 0.3 is 0 Å². The molecule has 0 aliphatic heterocycles. The Morgan fingerprint density at radius 3 is 2.61 bits per heavy atom. The maximum absolute atomic E-state index is 6.14. The molecule has 0 radical (unpaired) electrons. The Balaban J connectivity index is 2.63. The van der Waals surface area contributed by atoms with Gasteiger partial charge < -0.3 is 10.3 Å². The summed E-state index contributed by atoms with van der Waals surface area (Å²) in [6, 6.07) is 2.08. The SMILES string of the molecule is Cc1cnc2c(c1)nc(C(C)C)n2CC(C)(C)N. The minimum Gasteiger partial charge on any atom is -0.324 e. The predicted molar refractivity (Wildman–Crippen MR) is 74.6 cm³/mol. The van der Waals surface area contributed by atoms with Gasteiger partial charge in [-0.25, -0.2) is 9.97 Å². The molecule has 0 aliphatic carbocycles. The Hall–Kier alpha value is -1.42. The summed E-state index contributed by atoms with van der Waals surface area (Å²) in [5, 5.41) is 0. The zero-order valence-electron chi connectivity index (χ0n) is 11.9. The Labute approximate surface area is 108 Å². The minimum atomic E-state index is -0.274. The number of aromatic nitrogens is 3. The second-order valence-corrected chi connectivity index (χ2v) is 6.05. The van der Waals surface area contributed by atoms with E-state index in [1.807, 2.05) is 27.0 Å². The molecule has 0 aromatic carbocycles. The quantitative estimate of drug-likeness (QED) is 0.905. The molecule has 2 N–H and O–H groups in total. The van der Waals surface area contributed by atoms with Crippen molar-refractivity contribution in [1.29, 1.82) is 0 Å². The molecular weight excluding hydrogens is 224 g/mol. The van der Waals surface area contributed by atoms with Crippen LogP contribution < -0.4 is 5.73 Å². The summed E-state index contributed by atoms with van der Waals surface area (Å²) in [6.45, 7) is 11.1. The third kappa shape index (κ3) is 2.53. The van der Waals surface area contributed by atoms with Crippen molar-refractivity contribution in [3.8, 4) is 0 Å². The van der Waals surface area contributed by atoms with Crippen LogP contribution in [0.5, 0.6) is 0 Å². The van der Waals surface area contributed by atoms with E-state index in [9.17, 15) is 0 Å². The van der Waals surface area contributed by atoms with Crippen molar-refractivity contribution >= 4 is 11.2 Å². The molecule has 2 aromatic heterocycles. The highest BCUT2D eigenvalue weighted by Crippen LogP contribution is 2.22. The maximum atomic E-state index is 6.14. The normalized spacial score (nSPS) is 12.6. The van der Waals surface area contributed by atoms with E-state index >= 15 is 0 Å². The van der Waals surface area contributed by atoms with Gasteiger partial charge in [-0.05, 0) is 32.4 Å². The van der Waals surface area contributed by atoms with E-state index in [1.165, 1.54) is 0 Å². The number of rotatable bonds is 3. The van der Waals surface area contributed by atoms with E-state index in [0.29, 0.717) is 5.92 Å². The van der Waals surface area contributed by atoms with Crippen molar-refractivity contribution in [1.82, 2.24) is 14.5 Å². The highest BCUT2D eigenvalue weighted by molar-refractivity contribution is 5.72. The fourth-order valence-corrected chi connectivity index (χ4v) is 2.13. The van der Waals surface area contributed by atoms with Gasteiger partial charge in [-0.3, -0.25) is 0 Å². The van der Waals surface area contributed by atoms with Gasteiger partial charge in [0.2, 0.25) is 0 Å². The lowest BCUT2D eigenvalue weighted by atomic mass is 10.1. The van der Waals surface area contributed by atoms with Crippen molar-refractivity contribution < 1.29 is 0 Å². The van der Waals surface area contributed by atoms with Crippen LogP contribution in [0.25, 0.3) is 11.2 Å². The molecule has 2 aromatic rings. The number of fused-ring (bicyclic) bond motifs is 1. The standard InChI is InChI=1S/C14H22N4/c1-9(2)12-17-11-6-10(3)7-16-13(11)18(12)8-14(4,5)15/h6-7,9H,8,15H2,1-5H3. The highest BCUT2D eigenvalue weighted by atomic mass is 15.1. The van der Waals surface area contributed by atoms with Crippen molar-refractivity contribution in [2.75, 3.05) is 0 Å². The molecule has 2 heterocycles. The number of hydrogen-bond acceptors (Lipinski definition) is 3. The highest BCUT2D eigenvalue weighted by Gasteiger charge is 2.20. The topological polar surface area (TPSA) is 56.7 Å². The lowest BCUT2D eigenvalue weighted by molar-refractivity contribution is 0.426. The summed E-state index contributed by atoms with van der Waals surface area (Å²) in [6.07, 6.45) is 1.88. The molecule has 0 saturated carbocycles. The summed E-state index contributed by atoms with van der Waals surface area (Å²) in [7, 11) is 0. The summed E-state index contributed by atoms with van der Waals surface area (Å²) < 4.78 is 2.15. The number of nitrogens with zero attached hydrogens (tertiary/aromatic N) is 3. The molecule has 0 spiro atoms. The Kier molecular flexibility index (Phi) is 3.15. The van der Waals surface area contributed by atoms with Crippen molar-refractivity contribution in [3.63, 3.8) is 0 Å². The first-order valence-electron chi connectivity index (χ1n) is 6.39. The van der Waals surface area contributed by atoms with E-state index in [4.69, 9.17) is 10.7 Å². The first-order valence-corrected chi connectivity index (χ1v) is 6.39. The third-order valence-corrected chi connectivity index (χ3v) is 2.83. The molecule has 0 saturated heterocycles. The smallest absolute Gasteiger partial charge is 0.160 e. The van der Waals surface area contributed by atoms with E-state index < -0.39 is 0 Å². The van der Waals surface area contributed by atoms with Crippen LogP contribution in [0, 0.1) is 6.92 Å². The van der Waals surface area contributed by atoms with Gasteiger partial charge in [-0.1, -0.05) is 13.8 Å². The summed E-state index contributed by atoms with van der Waals surface area (Å²) >= 11 is 0. The van der Waals surface area contributed by atoms with Gasteiger partial charge in [0, 0.05) is 24.2 Å². The Morgan fingerprint density at radius 1 is 1.39 bits per heavy atom. The van der Waals surface area contributed by atoms with Crippen LogP contribution in [0.4, 0.5) is 0 Å². The molecule has 0 amide bonds.